The van der Waals surface area contributed by atoms with E-state index in [0.717, 1.165) is 17.6 Å². The lowest BCUT2D eigenvalue weighted by Gasteiger charge is -1.97. The molecule has 74 valence electrons. The predicted molar refractivity (Wildman–Crippen MR) is 51.6 cm³/mol. The van der Waals surface area contributed by atoms with Gasteiger partial charge in [-0.3, -0.25) is 4.18 Å². The maximum atomic E-state index is 12.9. The summed E-state index contributed by atoms with van der Waals surface area (Å²) in [6.45, 7) is -0.249. The molecular weight excluding hydrogens is 283 g/mol. The largest absolute Gasteiger partial charge is 0.265 e. The van der Waals surface area contributed by atoms with Crippen LogP contribution in [-0.4, -0.2) is 14.7 Å². The van der Waals surface area contributed by atoms with Gasteiger partial charge in [0, 0.05) is 0 Å². The standard InChI is InChI=1S/C6H6BrFO3S2/c1-13(9,10)11-3-5-4(8)2-6(7)12-5/h2H,3H2,1H3. The molecule has 0 radical (unpaired) electrons. The van der Waals surface area contributed by atoms with Crippen molar-refractivity contribution in [3.8, 4) is 0 Å². The van der Waals surface area contributed by atoms with Gasteiger partial charge in [0.2, 0.25) is 0 Å². The van der Waals surface area contributed by atoms with Gasteiger partial charge < -0.3 is 0 Å². The second-order valence-electron chi connectivity index (χ2n) is 2.29. The molecule has 0 bridgehead atoms. The summed E-state index contributed by atoms with van der Waals surface area (Å²) in [6.07, 6.45) is 0.924. The molecule has 0 saturated heterocycles. The lowest BCUT2D eigenvalue weighted by molar-refractivity contribution is 0.310. The fraction of sp³-hybridized carbons (Fsp3) is 0.333. The van der Waals surface area contributed by atoms with E-state index in [4.69, 9.17) is 0 Å². The number of halogens is 2. The van der Waals surface area contributed by atoms with E-state index in [1.807, 2.05) is 0 Å². The molecule has 1 aromatic heterocycles. The molecule has 1 rings (SSSR count). The van der Waals surface area contributed by atoms with Crippen molar-refractivity contribution >= 4 is 37.4 Å². The molecule has 0 saturated carbocycles. The van der Waals surface area contributed by atoms with Crippen LogP contribution in [0.2, 0.25) is 0 Å². The fourth-order valence-electron chi connectivity index (χ4n) is 0.635. The Hall–Kier alpha value is 0.0200. The van der Waals surface area contributed by atoms with Gasteiger partial charge in [0.15, 0.2) is 0 Å². The van der Waals surface area contributed by atoms with E-state index in [2.05, 4.69) is 20.1 Å². The summed E-state index contributed by atoms with van der Waals surface area (Å²) in [6, 6.07) is 1.27. The molecule has 0 atom stereocenters. The molecule has 3 nitrogen and oxygen atoms in total. The first kappa shape index (κ1) is 11.1. The van der Waals surface area contributed by atoms with Gasteiger partial charge in [-0.05, 0) is 22.0 Å². The molecule has 0 aliphatic heterocycles. The van der Waals surface area contributed by atoms with Gasteiger partial charge in [0.05, 0.1) is 14.9 Å². The predicted octanol–water partition coefficient (Wildman–Crippen LogP) is 2.13. The third-order valence-electron chi connectivity index (χ3n) is 1.13. The Labute approximate surface area is 87.8 Å². The molecule has 7 heteroatoms. The maximum Gasteiger partial charge on any atom is 0.264 e. The van der Waals surface area contributed by atoms with Crippen LogP contribution < -0.4 is 0 Å². The van der Waals surface area contributed by atoms with Crippen LogP contribution in [0.3, 0.4) is 0 Å². The van der Waals surface area contributed by atoms with Crippen LogP contribution in [0.5, 0.6) is 0 Å². The quantitative estimate of drug-likeness (QED) is 0.801. The van der Waals surface area contributed by atoms with Crippen molar-refractivity contribution in [2.24, 2.45) is 0 Å². The Morgan fingerprint density at radius 3 is 2.69 bits per heavy atom. The number of hydrogen-bond donors (Lipinski definition) is 0. The van der Waals surface area contributed by atoms with Gasteiger partial charge in [-0.2, -0.15) is 8.42 Å². The Kier molecular flexibility index (Phi) is 3.44. The monoisotopic (exact) mass is 288 g/mol. The zero-order valence-corrected chi connectivity index (χ0v) is 9.80. The molecule has 0 spiro atoms. The van der Waals surface area contributed by atoms with Gasteiger partial charge in [0.25, 0.3) is 10.1 Å². The molecule has 0 fully saturated rings. The van der Waals surface area contributed by atoms with Gasteiger partial charge in [-0.25, -0.2) is 4.39 Å². The van der Waals surface area contributed by atoms with Crippen LogP contribution in [0.4, 0.5) is 4.39 Å². The second kappa shape index (κ2) is 4.04. The zero-order chi connectivity index (χ0) is 10.1. The number of hydrogen-bond acceptors (Lipinski definition) is 4. The summed E-state index contributed by atoms with van der Waals surface area (Å²) >= 11 is 4.18. The lowest BCUT2D eigenvalue weighted by Crippen LogP contribution is -2.02. The van der Waals surface area contributed by atoms with E-state index < -0.39 is 15.9 Å². The molecule has 0 aliphatic rings. The lowest BCUT2D eigenvalue weighted by atomic mass is 10.5. The molecule has 1 heterocycles. The first-order valence-electron chi connectivity index (χ1n) is 3.16. The Morgan fingerprint density at radius 2 is 2.31 bits per heavy atom. The van der Waals surface area contributed by atoms with Gasteiger partial charge in [0.1, 0.15) is 12.4 Å². The minimum absolute atomic E-state index is 0.249. The highest BCUT2D eigenvalue weighted by Gasteiger charge is 2.10. The van der Waals surface area contributed by atoms with E-state index in [0.29, 0.717) is 3.79 Å². The van der Waals surface area contributed by atoms with Crippen LogP contribution in [0.25, 0.3) is 0 Å². The molecular formula is C6H6BrFO3S2. The fourth-order valence-corrected chi connectivity index (χ4v) is 2.50. The Balaban J connectivity index is 2.70. The minimum atomic E-state index is -3.51. The highest BCUT2D eigenvalue weighted by atomic mass is 79.9. The van der Waals surface area contributed by atoms with Crippen molar-refractivity contribution in [1.82, 2.24) is 0 Å². The van der Waals surface area contributed by atoms with Crippen molar-refractivity contribution in [2.45, 2.75) is 6.61 Å². The van der Waals surface area contributed by atoms with Crippen molar-refractivity contribution in [1.29, 1.82) is 0 Å². The first-order valence-corrected chi connectivity index (χ1v) is 6.59. The van der Waals surface area contributed by atoms with E-state index in [1.165, 1.54) is 6.07 Å². The molecule has 0 aliphatic carbocycles. The zero-order valence-electron chi connectivity index (χ0n) is 6.58. The summed E-state index contributed by atoms with van der Waals surface area (Å²) in [4.78, 5) is 0.261. The van der Waals surface area contributed by atoms with Crippen LogP contribution >= 0.6 is 27.3 Å². The molecule has 0 N–H and O–H groups in total. The van der Waals surface area contributed by atoms with E-state index in [-0.39, 0.29) is 11.5 Å². The number of rotatable bonds is 3. The first-order chi connectivity index (χ1) is 5.88. The summed E-state index contributed by atoms with van der Waals surface area (Å²) in [5.74, 6) is -0.458. The highest BCUT2D eigenvalue weighted by molar-refractivity contribution is 9.11. The minimum Gasteiger partial charge on any atom is -0.265 e. The van der Waals surface area contributed by atoms with Crippen LogP contribution in [0.15, 0.2) is 9.85 Å². The van der Waals surface area contributed by atoms with Gasteiger partial charge >= 0.3 is 0 Å². The molecule has 0 aromatic carbocycles. The second-order valence-corrected chi connectivity index (χ2v) is 6.45. The van der Waals surface area contributed by atoms with Crippen molar-refractivity contribution < 1.29 is 17.0 Å². The summed E-state index contributed by atoms with van der Waals surface area (Å²) in [5, 5.41) is 0. The summed E-state index contributed by atoms with van der Waals surface area (Å²) < 4.78 is 39.1. The van der Waals surface area contributed by atoms with E-state index >= 15 is 0 Å². The SMILES string of the molecule is CS(=O)(=O)OCc1sc(Br)cc1F. The van der Waals surface area contributed by atoms with Crippen molar-refractivity contribution in [3.63, 3.8) is 0 Å². The smallest absolute Gasteiger partial charge is 0.264 e. The van der Waals surface area contributed by atoms with Crippen molar-refractivity contribution in [2.75, 3.05) is 6.26 Å². The Morgan fingerprint density at radius 1 is 1.69 bits per heavy atom. The highest BCUT2D eigenvalue weighted by Crippen LogP contribution is 2.26. The van der Waals surface area contributed by atoms with E-state index in [9.17, 15) is 12.8 Å². The third kappa shape index (κ3) is 3.72. The third-order valence-corrected chi connectivity index (χ3v) is 3.26. The van der Waals surface area contributed by atoms with Gasteiger partial charge in [-0.15, -0.1) is 11.3 Å². The van der Waals surface area contributed by atoms with Crippen LogP contribution in [0.1, 0.15) is 4.88 Å². The summed E-state index contributed by atoms with van der Waals surface area (Å²) in [7, 11) is -3.51. The summed E-state index contributed by atoms with van der Waals surface area (Å²) in [5.41, 5.74) is 0. The molecule has 0 unspecified atom stereocenters. The average molecular weight is 289 g/mol. The molecule has 0 amide bonds. The normalized spacial score (nSPS) is 11.9. The van der Waals surface area contributed by atoms with Crippen molar-refractivity contribution in [3.05, 3.63) is 20.5 Å². The Bertz CT molecular complexity index is 398. The van der Waals surface area contributed by atoms with E-state index in [1.54, 1.807) is 0 Å². The number of thiophene rings is 1. The van der Waals surface area contributed by atoms with Gasteiger partial charge in [-0.1, -0.05) is 0 Å². The topological polar surface area (TPSA) is 43.4 Å². The molecule has 13 heavy (non-hydrogen) atoms. The molecule has 1 aromatic rings. The van der Waals surface area contributed by atoms with Crippen LogP contribution in [0, 0.1) is 5.82 Å². The van der Waals surface area contributed by atoms with Crippen LogP contribution in [-0.2, 0) is 20.9 Å². The average Bonchev–Trinajstić information content (AvgIpc) is 2.24. The maximum absolute atomic E-state index is 12.9.